The highest BCUT2D eigenvalue weighted by Crippen LogP contribution is 2.27. The molecule has 0 spiro atoms. The van der Waals surface area contributed by atoms with Crippen LogP contribution in [-0.4, -0.2) is 17.8 Å². The Hall–Kier alpha value is -3.11. The van der Waals surface area contributed by atoms with E-state index in [0.717, 1.165) is 11.1 Å². The maximum Gasteiger partial charge on any atom is 0.265 e. The number of carbonyl (C=O) groups excluding carboxylic acids is 2. The van der Waals surface area contributed by atoms with Crippen LogP contribution in [0.4, 0.5) is 5.69 Å². The van der Waals surface area contributed by atoms with Gasteiger partial charge in [-0.3, -0.25) is 9.59 Å². The van der Waals surface area contributed by atoms with Crippen LogP contribution in [0.5, 0.6) is 5.75 Å². The lowest BCUT2D eigenvalue weighted by Gasteiger charge is -2.19. The number of anilines is 1. The molecular formula is C28H30ClNO3. The molecule has 0 bridgehead atoms. The molecule has 1 amide bonds. The average Bonchev–Trinajstić information content (AvgIpc) is 2.76. The minimum absolute atomic E-state index is 0.0218. The summed E-state index contributed by atoms with van der Waals surface area (Å²) in [4.78, 5) is 25.7. The van der Waals surface area contributed by atoms with E-state index in [0.29, 0.717) is 27.6 Å². The lowest BCUT2D eigenvalue weighted by atomic mass is 9.86. The van der Waals surface area contributed by atoms with Crippen molar-refractivity contribution >= 4 is 29.0 Å². The number of aryl methyl sites for hydroxylation is 2. The van der Waals surface area contributed by atoms with Crippen molar-refractivity contribution in [2.75, 3.05) is 5.32 Å². The van der Waals surface area contributed by atoms with Crippen LogP contribution in [0, 0.1) is 13.8 Å². The first-order valence-electron chi connectivity index (χ1n) is 11.0. The van der Waals surface area contributed by atoms with Crippen LogP contribution in [0.15, 0.2) is 60.7 Å². The number of hydrogen-bond acceptors (Lipinski definition) is 3. The largest absolute Gasteiger partial charge is 0.481 e. The Morgan fingerprint density at radius 1 is 0.909 bits per heavy atom. The van der Waals surface area contributed by atoms with Gasteiger partial charge in [0.2, 0.25) is 0 Å². The molecule has 0 heterocycles. The van der Waals surface area contributed by atoms with Gasteiger partial charge in [0.1, 0.15) is 5.75 Å². The summed E-state index contributed by atoms with van der Waals surface area (Å²) in [6, 6.07) is 18.2. The van der Waals surface area contributed by atoms with Crippen molar-refractivity contribution in [2.45, 2.75) is 53.1 Å². The van der Waals surface area contributed by atoms with Crippen molar-refractivity contribution in [3.8, 4) is 5.75 Å². The number of halogens is 1. The van der Waals surface area contributed by atoms with Crippen LogP contribution in [0.25, 0.3) is 0 Å². The lowest BCUT2D eigenvalue weighted by molar-refractivity contribution is -0.122. The minimum Gasteiger partial charge on any atom is -0.481 e. The second-order valence-electron chi connectivity index (χ2n) is 9.36. The predicted molar refractivity (Wildman–Crippen MR) is 135 cm³/mol. The average molecular weight is 464 g/mol. The van der Waals surface area contributed by atoms with E-state index in [4.69, 9.17) is 16.3 Å². The van der Waals surface area contributed by atoms with E-state index in [1.54, 1.807) is 31.2 Å². The van der Waals surface area contributed by atoms with E-state index < -0.39 is 6.10 Å². The van der Waals surface area contributed by atoms with Crippen LogP contribution in [0.2, 0.25) is 5.02 Å². The second-order valence-corrected chi connectivity index (χ2v) is 9.74. The van der Waals surface area contributed by atoms with E-state index in [-0.39, 0.29) is 17.1 Å². The number of amides is 1. The SMILES string of the molecule is Cc1cc(OC(C)C(=O)Nc2cccc(C(=O)c3ccc(C(C)(C)C)cc3)c2)cc(C)c1Cl. The van der Waals surface area contributed by atoms with Gasteiger partial charge in [-0.15, -0.1) is 0 Å². The van der Waals surface area contributed by atoms with E-state index in [1.807, 2.05) is 50.2 Å². The molecule has 4 nitrogen and oxygen atoms in total. The van der Waals surface area contributed by atoms with Crippen molar-refractivity contribution in [1.29, 1.82) is 0 Å². The first kappa shape index (κ1) is 24.5. The topological polar surface area (TPSA) is 55.4 Å². The molecule has 172 valence electrons. The molecule has 0 aromatic heterocycles. The van der Waals surface area contributed by atoms with Crippen LogP contribution in [0.3, 0.4) is 0 Å². The van der Waals surface area contributed by atoms with Gasteiger partial charge in [-0.05, 0) is 67.1 Å². The van der Waals surface area contributed by atoms with E-state index in [1.165, 1.54) is 5.56 Å². The Morgan fingerprint density at radius 2 is 1.52 bits per heavy atom. The fourth-order valence-electron chi connectivity index (χ4n) is 3.50. The smallest absolute Gasteiger partial charge is 0.265 e. The Bertz CT molecular complexity index is 1150. The number of nitrogens with one attached hydrogen (secondary N) is 1. The van der Waals surface area contributed by atoms with Gasteiger partial charge < -0.3 is 10.1 Å². The molecular weight excluding hydrogens is 434 g/mol. The normalized spacial score (nSPS) is 12.2. The van der Waals surface area contributed by atoms with Crippen LogP contribution in [0.1, 0.15) is 60.3 Å². The summed E-state index contributed by atoms with van der Waals surface area (Å²) in [5.41, 5.74) is 4.62. The monoisotopic (exact) mass is 463 g/mol. The van der Waals surface area contributed by atoms with Gasteiger partial charge in [-0.1, -0.05) is 68.8 Å². The summed E-state index contributed by atoms with van der Waals surface area (Å²) in [6.45, 7) is 11.9. The highest BCUT2D eigenvalue weighted by Gasteiger charge is 2.18. The zero-order valence-corrected chi connectivity index (χ0v) is 20.7. The molecule has 0 saturated carbocycles. The zero-order chi connectivity index (χ0) is 24.3. The summed E-state index contributed by atoms with van der Waals surface area (Å²) in [5, 5.41) is 3.52. The van der Waals surface area contributed by atoms with Gasteiger partial charge in [0, 0.05) is 21.8 Å². The molecule has 5 heteroatoms. The van der Waals surface area contributed by atoms with Crippen molar-refractivity contribution < 1.29 is 14.3 Å². The highest BCUT2D eigenvalue weighted by atomic mass is 35.5. The number of benzene rings is 3. The third kappa shape index (κ3) is 6.02. The van der Waals surface area contributed by atoms with Crippen LogP contribution < -0.4 is 10.1 Å². The number of ether oxygens (including phenoxy) is 1. The first-order chi connectivity index (χ1) is 15.5. The molecule has 1 atom stereocenters. The number of rotatable bonds is 6. The molecule has 0 aliphatic carbocycles. The maximum absolute atomic E-state index is 13.0. The van der Waals surface area contributed by atoms with Gasteiger partial charge in [-0.25, -0.2) is 0 Å². The van der Waals surface area contributed by atoms with Gasteiger partial charge in [-0.2, -0.15) is 0 Å². The fourth-order valence-corrected chi connectivity index (χ4v) is 3.61. The van der Waals surface area contributed by atoms with Gasteiger partial charge >= 0.3 is 0 Å². The number of carbonyl (C=O) groups is 2. The minimum atomic E-state index is -0.728. The third-order valence-corrected chi connectivity index (χ3v) is 6.09. The highest BCUT2D eigenvalue weighted by molar-refractivity contribution is 6.32. The Morgan fingerprint density at radius 3 is 2.09 bits per heavy atom. The zero-order valence-electron chi connectivity index (χ0n) is 20.0. The molecule has 0 saturated heterocycles. The first-order valence-corrected chi connectivity index (χ1v) is 11.3. The molecule has 1 N–H and O–H groups in total. The van der Waals surface area contributed by atoms with Crippen molar-refractivity contribution in [1.82, 2.24) is 0 Å². The molecule has 3 rings (SSSR count). The maximum atomic E-state index is 13.0. The molecule has 0 fully saturated rings. The molecule has 3 aromatic rings. The summed E-state index contributed by atoms with van der Waals surface area (Å²) in [6.07, 6.45) is -0.728. The number of hydrogen-bond donors (Lipinski definition) is 1. The van der Waals surface area contributed by atoms with Gasteiger partial charge in [0.15, 0.2) is 11.9 Å². The van der Waals surface area contributed by atoms with Crippen molar-refractivity contribution in [2.24, 2.45) is 0 Å². The van der Waals surface area contributed by atoms with Crippen molar-refractivity contribution in [3.63, 3.8) is 0 Å². The van der Waals surface area contributed by atoms with E-state index in [2.05, 4.69) is 26.1 Å². The van der Waals surface area contributed by atoms with Crippen molar-refractivity contribution in [3.05, 3.63) is 93.5 Å². The Balaban J connectivity index is 1.70. The van der Waals surface area contributed by atoms with Gasteiger partial charge in [0.05, 0.1) is 0 Å². The van der Waals surface area contributed by atoms with Crippen LogP contribution in [-0.2, 0) is 10.2 Å². The molecule has 0 aliphatic heterocycles. The van der Waals surface area contributed by atoms with Crippen LogP contribution >= 0.6 is 11.6 Å². The molecule has 0 radical (unpaired) electrons. The number of ketones is 1. The lowest BCUT2D eigenvalue weighted by Crippen LogP contribution is -2.30. The molecule has 3 aromatic carbocycles. The van der Waals surface area contributed by atoms with E-state index in [9.17, 15) is 9.59 Å². The van der Waals surface area contributed by atoms with E-state index >= 15 is 0 Å². The second kappa shape index (κ2) is 9.80. The standard InChI is InChI=1S/C28H30ClNO3/c1-17-14-24(15-18(2)25(17)29)33-19(3)27(32)30-23-9-7-8-21(16-23)26(31)20-10-12-22(13-11-20)28(4,5)6/h7-16,19H,1-6H3,(H,30,32). The molecule has 0 aliphatic rings. The summed E-state index contributed by atoms with van der Waals surface area (Å²) >= 11 is 6.21. The third-order valence-electron chi connectivity index (χ3n) is 5.50. The predicted octanol–water partition coefficient (Wildman–Crippen LogP) is 6.89. The van der Waals surface area contributed by atoms with Gasteiger partial charge in [0.25, 0.3) is 5.91 Å². The summed E-state index contributed by atoms with van der Waals surface area (Å²) < 4.78 is 5.81. The summed E-state index contributed by atoms with van der Waals surface area (Å²) in [7, 11) is 0. The quantitative estimate of drug-likeness (QED) is 0.405. The molecule has 1 unspecified atom stereocenters. The Kier molecular flexibility index (Phi) is 7.28. The fraction of sp³-hybridized carbons (Fsp3) is 0.286. The Labute approximate surface area is 200 Å². The molecule has 33 heavy (non-hydrogen) atoms. The summed E-state index contributed by atoms with van der Waals surface area (Å²) in [5.74, 6) is 0.182.